The van der Waals surface area contributed by atoms with Gasteiger partial charge in [-0.05, 0) is 58.1 Å². The average molecular weight is 277 g/mol. The smallest absolute Gasteiger partial charge is 0.412 e. The number of aliphatic hydroxyl groups is 1. The highest BCUT2D eigenvalue weighted by atomic mass is 16.6. The number of amides is 1. The molecule has 4 heteroatoms. The van der Waals surface area contributed by atoms with Crippen LogP contribution in [0, 0.1) is 0 Å². The Morgan fingerprint density at radius 3 is 2.60 bits per heavy atom. The summed E-state index contributed by atoms with van der Waals surface area (Å²) < 4.78 is 5.25. The highest BCUT2D eigenvalue weighted by Crippen LogP contribution is 2.39. The fourth-order valence-electron chi connectivity index (χ4n) is 2.04. The molecule has 0 heterocycles. The number of carbonyl (C=O) groups is 1. The van der Waals surface area contributed by atoms with Gasteiger partial charge in [0.05, 0.1) is 5.60 Å². The zero-order valence-corrected chi connectivity index (χ0v) is 12.4. The first-order chi connectivity index (χ1) is 9.27. The molecular weight excluding hydrogens is 254 g/mol. The van der Waals surface area contributed by atoms with Crippen molar-refractivity contribution in [1.82, 2.24) is 0 Å². The van der Waals surface area contributed by atoms with E-state index in [0.29, 0.717) is 0 Å². The van der Waals surface area contributed by atoms with Crippen LogP contribution in [0.3, 0.4) is 0 Å². The molecule has 1 aliphatic rings. The van der Waals surface area contributed by atoms with Crippen molar-refractivity contribution in [2.24, 2.45) is 0 Å². The Morgan fingerprint density at radius 2 is 2.00 bits per heavy atom. The van der Waals surface area contributed by atoms with Crippen molar-refractivity contribution in [3.05, 3.63) is 29.8 Å². The standard InChI is InChI=1S/C16H23NO3/c1-15(2,3)20-14(18)17-13-7-5-4-6-12(13)8-9-16(19)10-11-16/h4-7,19H,8-11H2,1-3H3,(H,17,18). The highest BCUT2D eigenvalue weighted by molar-refractivity contribution is 5.85. The summed E-state index contributed by atoms with van der Waals surface area (Å²) in [5, 5.41) is 12.7. The van der Waals surface area contributed by atoms with Gasteiger partial charge in [-0.25, -0.2) is 4.79 Å². The SMILES string of the molecule is CC(C)(C)OC(=O)Nc1ccccc1CCC1(O)CC1. The second kappa shape index (κ2) is 5.44. The summed E-state index contributed by atoms with van der Waals surface area (Å²) in [5.74, 6) is 0. The number of ether oxygens (including phenoxy) is 1. The molecule has 1 aromatic carbocycles. The van der Waals surface area contributed by atoms with Crippen LogP contribution in [0.15, 0.2) is 24.3 Å². The van der Waals surface area contributed by atoms with Gasteiger partial charge in [-0.2, -0.15) is 0 Å². The van der Waals surface area contributed by atoms with Crippen molar-refractivity contribution in [1.29, 1.82) is 0 Å². The largest absolute Gasteiger partial charge is 0.444 e. The third kappa shape index (κ3) is 4.53. The van der Waals surface area contributed by atoms with Gasteiger partial charge in [-0.3, -0.25) is 5.32 Å². The van der Waals surface area contributed by atoms with Crippen molar-refractivity contribution in [2.45, 2.75) is 57.7 Å². The highest BCUT2D eigenvalue weighted by Gasteiger charge is 2.39. The molecule has 0 aromatic heterocycles. The molecule has 0 radical (unpaired) electrons. The van der Waals surface area contributed by atoms with Crippen LogP contribution in [-0.2, 0) is 11.2 Å². The predicted octanol–water partition coefficient (Wildman–Crippen LogP) is 3.49. The second-order valence-electron chi connectivity index (χ2n) is 6.51. The summed E-state index contributed by atoms with van der Waals surface area (Å²) in [6, 6.07) is 7.64. The maximum absolute atomic E-state index is 11.8. The average Bonchev–Trinajstić information content (AvgIpc) is 3.04. The van der Waals surface area contributed by atoms with Crippen LogP contribution < -0.4 is 5.32 Å². The topological polar surface area (TPSA) is 58.6 Å². The number of rotatable bonds is 4. The normalized spacial score (nSPS) is 16.6. The molecule has 0 atom stereocenters. The lowest BCUT2D eigenvalue weighted by molar-refractivity contribution is 0.0636. The lowest BCUT2D eigenvalue weighted by atomic mass is 10.0. The van der Waals surface area contributed by atoms with Crippen LogP contribution >= 0.6 is 0 Å². The number of hydrogen-bond acceptors (Lipinski definition) is 3. The van der Waals surface area contributed by atoms with E-state index in [2.05, 4.69) is 5.32 Å². The van der Waals surface area contributed by atoms with Crippen LogP contribution in [0.4, 0.5) is 10.5 Å². The molecule has 20 heavy (non-hydrogen) atoms. The summed E-state index contributed by atoms with van der Waals surface area (Å²) in [6.45, 7) is 5.50. The second-order valence-corrected chi connectivity index (χ2v) is 6.51. The predicted molar refractivity (Wildman–Crippen MR) is 78.8 cm³/mol. The van der Waals surface area contributed by atoms with E-state index >= 15 is 0 Å². The minimum absolute atomic E-state index is 0.449. The number of aryl methyl sites for hydroxylation is 1. The van der Waals surface area contributed by atoms with Crippen LogP contribution in [0.2, 0.25) is 0 Å². The molecule has 1 aliphatic carbocycles. The van der Waals surface area contributed by atoms with Gasteiger partial charge in [0.1, 0.15) is 5.60 Å². The van der Waals surface area contributed by atoms with Crippen molar-refractivity contribution in [2.75, 3.05) is 5.32 Å². The van der Waals surface area contributed by atoms with Gasteiger partial charge in [0.25, 0.3) is 0 Å². The number of para-hydroxylation sites is 1. The van der Waals surface area contributed by atoms with Gasteiger partial charge < -0.3 is 9.84 Å². The zero-order valence-electron chi connectivity index (χ0n) is 12.4. The Bertz CT molecular complexity index is 487. The van der Waals surface area contributed by atoms with E-state index < -0.39 is 17.3 Å². The number of anilines is 1. The molecule has 1 saturated carbocycles. The Hall–Kier alpha value is -1.55. The summed E-state index contributed by atoms with van der Waals surface area (Å²) >= 11 is 0. The van der Waals surface area contributed by atoms with Crippen molar-refractivity contribution < 1.29 is 14.6 Å². The molecule has 0 spiro atoms. The number of benzene rings is 1. The van der Waals surface area contributed by atoms with Gasteiger partial charge in [0.2, 0.25) is 0 Å². The lowest BCUT2D eigenvalue weighted by Crippen LogP contribution is -2.27. The van der Waals surface area contributed by atoms with E-state index in [1.54, 1.807) is 0 Å². The maximum Gasteiger partial charge on any atom is 0.412 e. The van der Waals surface area contributed by atoms with Crippen LogP contribution in [0.5, 0.6) is 0 Å². The van der Waals surface area contributed by atoms with E-state index in [1.165, 1.54) is 0 Å². The first-order valence-electron chi connectivity index (χ1n) is 7.08. The summed E-state index contributed by atoms with van der Waals surface area (Å²) in [5.41, 5.74) is 0.797. The van der Waals surface area contributed by atoms with E-state index in [9.17, 15) is 9.90 Å². The maximum atomic E-state index is 11.8. The minimum Gasteiger partial charge on any atom is -0.444 e. The molecule has 2 N–H and O–H groups in total. The van der Waals surface area contributed by atoms with Crippen molar-refractivity contribution in [3.8, 4) is 0 Å². The van der Waals surface area contributed by atoms with Crippen LogP contribution in [0.25, 0.3) is 0 Å². The quantitative estimate of drug-likeness (QED) is 0.885. The zero-order chi connectivity index (χ0) is 14.8. The molecule has 4 nitrogen and oxygen atoms in total. The lowest BCUT2D eigenvalue weighted by Gasteiger charge is -2.20. The monoisotopic (exact) mass is 277 g/mol. The van der Waals surface area contributed by atoms with Crippen molar-refractivity contribution in [3.63, 3.8) is 0 Å². The van der Waals surface area contributed by atoms with E-state index in [1.807, 2.05) is 45.0 Å². The van der Waals surface area contributed by atoms with Gasteiger partial charge in [0.15, 0.2) is 0 Å². The fraction of sp³-hybridized carbons (Fsp3) is 0.562. The van der Waals surface area contributed by atoms with Crippen LogP contribution in [0.1, 0.15) is 45.6 Å². The fourth-order valence-corrected chi connectivity index (χ4v) is 2.04. The third-order valence-electron chi connectivity index (χ3n) is 3.34. The summed E-state index contributed by atoms with van der Waals surface area (Å²) in [7, 11) is 0. The number of carbonyl (C=O) groups excluding carboxylic acids is 1. The Labute approximate surface area is 120 Å². The van der Waals surface area contributed by atoms with Gasteiger partial charge in [-0.1, -0.05) is 18.2 Å². The van der Waals surface area contributed by atoms with E-state index in [-0.39, 0.29) is 0 Å². The number of nitrogens with one attached hydrogen (secondary N) is 1. The Balaban J connectivity index is 1.98. The number of hydrogen-bond donors (Lipinski definition) is 2. The molecule has 0 aliphatic heterocycles. The molecule has 110 valence electrons. The molecule has 0 unspecified atom stereocenters. The van der Waals surface area contributed by atoms with Crippen molar-refractivity contribution >= 4 is 11.8 Å². The molecule has 1 aromatic rings. The molecule has 1 amide bonds. The van der Waals surface area contributed by atoms with E-state index in [0.717, 1.165) is 36.9 Å². The summed E-state index contributed by atoms with van der Waals surface area (Å²) in [4.78, 5) is 11.8. The summed E-state index contributed by atoms with van der Waals surface area (Å²) in [6.07, 6.45) is 2.81. The van der Waals surface area contributed by atoms with E-state index in [4.69, 9.17) is 4.74 Å². The first-order valence-corrected chi connectivity index (χ1v) is 7.08. The molecule has 0 bridgehead atoms. The van der Waals surface area contributed by atoms with Crippen LogP contribution in [-0.4, -0.2) is 22.4 Å². The van der Waals surface area contributed by atoms with Gasteiger partial charge in [0, 0.05) is 5.69 Å². The first kappa shape index (κ1) is 14.9. The molecular formula is C16H23NO3. The van der Waals surface area contributed by atoms with Gasteiger partial charge in [-0.15, -0.1) is 0 Å². The molecule has 2 rings (SSSR count). The molecule has 0 saturated heterocycles. The Morgan fingerprint density at radius 1 is 1.35 bits per heavy atom. The Kier molecular flexibility index (Phi) is 4.04. The van der Waals surface area contributed by atoms with Gasteiger partial charge >= 0.3 is 6.09 Å². The molecule has 1 fully saturated rings. The third-order valence-corrected chi connectivity index (χ3v) is 3.34. The minimum atomic E-state index is -0.512.